The second-order valence-electron chi connectivity index (χ2n) is 9.08. The SMILES string of the molecule is O=C(CO)c1ccc(Cn2ccc3cc(C4CCN(Cc5ccc(F)cc5)CC4)cnc32)cc1. The Morgan fingerprint density at radius 1 is 0.971 bits per heavy atom. The third-order valence-electron chi connectivity index (χ3n) is 6.77. The molecule has 4 aromatic rings. The van der Waals surface area contributed by atoms with E-state index in [4.69, 9.17) is 10.1 Å². The zero-order chi connectivity index (χ0) is 23.5. The molecule has 0 aliphatic carbocycles. The highest BCUT2D eigenvalue weighted by Gasteiger charge is 2.21. The number of benzene rings is 2. The van der Waals surface area contributed by atoms with Gasteiger partial charge in [-0.25, -0.2) is 9.37 Å². The van der Waals surface area contributed by atoms with Crippen LogP contribution in [0.5, 0.6) is 0 Å². The van der Waals surface area contributed by atoms with Crippen LogP contribution in [0.25, 0.3) is 11.0 Å². The largest absolute Gasteiger partial charge is 0.388 e. The van der Waals surface area contributed by atoms with Crippen molar-refractivity contribution in [2.24, 2.45) is 0 Å². The van der Waals surface area contributed by atoms with Crippen molar-refractivity contribution in [1.82, 2.24) is 14.5 Å². The average Bonchev–Trinajstić information content (AvgIpc) is 3.27. The first kappa shape index (κ1) is 22.4. The lowest BCUT2D eigenvalue weighted by atomic mass is 9.90. The number of aliphatic hydroxyl groups excluding tert-OH is 1. The Morgan fingerprint density at radius 2 is 1.65 bits per heavy atom. The smallest absolute Gasteiger partial charge is 0.188 e. The Kier molecular flexibility index (Phi) is 6.52. The van der Waals surface area contributed by atoms with E-state index in [1.165, 1.54) is 17.7 Å². The molecule has 2 aromatic heterocycles. The highest BCUT2D eigenvalue weighted by molar-refractivity contribution is 5.96. The molecule has 0 radical (unpaired) electrons. The number of fused-ring (bicyclic) bond motifs is 1. The van der Waals surface area contributed by atoms with E-state index in [9.17, 15) is 9.18 Å². The summed E-state index contributed by atoms with van der Waals surface area (Å²) in [7, 11) is 0. The molecule has 1 saturated heterocycles. The fourth-order valence-electron chi connectivity index (χ4n) is 4.80. The quantitative estimate of drug-likeness (QED) is 0.406. The topological polar surface area (TPSA) is 58.4 Å². The normalized spacial score (nSPS) is 15.1. The van der Waals surface area contributed by atoms with Gasteiger partial charge in [0.05, 0.1) is 0 Å². The van der Waals surface area contributed by atoms with Crippen LogP contribution in [0.4, 0.5) is 4.39 Å². The molecule has 1 N–H and O–H groups in total. The number of likely N-dealkylation sites (tertiary alicyclic amines) is 1. The number of ketones is 1. The van der Waals surface area contributed by atoms with Gasteiger partial charge in [0.15, 0.2) is 5.78 Å². The predicted octanol–water partition coefficient (Wildman–Crippen LogP) is 4.78. The first-order valence-electron chi connectivity index (χ1n) is 11.7. The number of halogens is 1. The van der Waals surface area contributed by atoms with E-state index in [1.54, 1.807) is 12.1 Å². The molecule has 0 atom stereocenters. The molecule has 34 heavy (non-hydrogen) atoms. The zero-order valence-corrected chi connectivity index (χ0v) is 19.0. The Labute approximate surface area is 198 Å². The van der Waals surface area contributed by atoms with Crippen molar-refractivity contribution in [2.45, 2.75) is 31.8 Å². The van der Waals surface area contributed by atoms with E-state index in [0.717, 1.165) is 54.6 Å². The van der Waals surface area contributed by atoms with Crippen molar-refractivity contribution in [3.63, 3.8) is 0 Å². The van der Waals surface area contributed by atoms with Crippen molar-refractivity contribution in [1.29, 1.82) is 0 Å². The van der Waals surface area contributed by atoms with Gasteiger partial charge < -0.3 is 9.67 Å². The minimum atomic E-state index is -0.471. The minimum Gasteiger partial charge on any atom is -0.388 e. The second kappa shape index (κ2) is 9.87. The van der Waals surface area contributed by atoms with Crippen LogP contribution < -0.4 is 0 Å². The lowest BCUT2D eigenvalue weighted by molar-refractivity contribution is 0.0903. The molecular weight excluding hydrogens is 429 g/mol. The number of aromatic nitrogens is 2. The molecule has 2 aromatic carbocycles. The summed E-state index contributed by atoms with van der Waals surface area (Å²) in [6, 6.07) is 18.5. The Bertz CT molecular complexity index is 1270. The van der Waals surface area contributed by atoms with Gasteiger partial charge >= 0.3 is 0 Å². The Balaban J connectivity index is 1.22. The van der Waals surface area contributed by atoms with Crippen LogP contribution in [0.2, 0.25) is 0 Å². The number of carbonyl (C=O) groups excluding carboxylic acids is 1. The molecule has 5 rings (SSSR count). The van der Waals surface area contributed by atoms with Crippen LogP contribution >= 0.6 is 0 Å². The van der Waals surface area contributed by atoms with Gasteiger partial charge in [-0.2, -0.15) is 0 Å². The van der Waals surface area contributed by atoms with E-state index >= 15 is 0 Å². The van der Waals surface area contributed by atoms with Crippen molar-refractivity contribution in [3.8, 4) is 0 Å². The molecule has 6 heteroatoms. The van der Waals surface area contributed by atoms with Crippen molar-refractivity contribution >= 4 is 16.8 Å². The predicted molar refractivity (Wildman–Crippen MR) is 130 cm³/mol. The maximum Gasteiger partial charge on any atom is 0.188 e. The molecule has 1 fully saturated rings. The lowest BCUT2D eigenvalue weighted by Gasteiger charge is -2.32. The number of piperidine rings is 1. The number of nitrogens with zero attached hydrogens (tertiary/aromatic N) is 3. The number of aliphatic hydroxyl groups is 1. The van der Waals surface area contributed by atoms with Crippen LogP contribution in [0.15, 0.2) is 73.1 Å². The summed E-state index contributed by atoms with van der Waals surface area (Å²) in [5.41, 5.74) is 4.99. The molecule has 5 nitrogen and oxygen atoms in total. The van der Waals surface area contributed by atoms with Gasteiger partial charge in [0.25, 0.3) is 0 Å². The van der Waals surface area contributed by atoms with Crippen LogP contribution in [0.1, 0.15) is 45.8 Å². The molecule has 3 heterocycles. The molecular formula is C28H28FN3O2. The van der Waals surface area contributed by atoms with E-state index < -0.39 is 6.61 Å². The van der Waals surface area contributed by atoms with E-state index in [1.807, 2.05) is 30.5 Å². The number of hydrogen-bond donors (Lipinski definition) is 1. The highest BCUT2D eigenvalue weighted by atomic mass is 19.1. The van der Waals surface area contributed by atoms with Gasteiger partial charge in [-0.3, -0.25) is 9.69 Å². The molecule has 1 aliphatic rings. The summed E-state index contributed by atoms with van der Waals surface area (Å²) < 4.78 is 15.3. The van der Waals surface area contributed by atoms with Crippen LogP contribution in [0, 0.1) is 5.82 Å². The standard InChI is InChI=1S/C28H28FN3O2/c29-26-7-3-20(4-8-26)17-31-12-9-22(10-13-31)25-15-24-11-14-32(28(24)30-16-25)18-21-1-5-23(6-2-21)27(34)19-33/h1-8,11,14-16,22,33H,9-10,12-13,17-19H2. The van der Waals surface area contributed by atoms with Gasteiger partial charge in [-0.1, -0.05) is 36.4 Å². The molecule has 0 unspecified atom stereocenters. The number of Topliss-reactive ketones (excluding diaryl/α,β-unsaturated/α-hetero) is 1. The van der Waals surface area contributed by atoms with Crippen LogP contribution in [-0.4, -0.2) is 45.0 Å². The van der Waals surface area contributed by atoms with E-state index in [2.05, 4.69) is 27.8 Å². The molecule has 0 saturated carbocycles. The number of rotatable bonds is 7. The van der Waals surface area contributed by atoms with Crippen molar-refractivity contribution in [3.05, 3.63) is 101 Å². The van der Waals surface area contributed by atoms with Gasteiger partial charge in [0.2, 0.25) is 0 Å². The maximum atomic E-state index is 13.1. The Hall–Kier alpha value is -3.35. The third-order valence-corrected chi connectivity index (χ3v) is 6.77. The lowest BCUT2D eigenvalue weighted by Crippen LogP contribution is -2.32. The second-order valence-corrected chi connectivity index (χ2v) is 9.08. The van der Waals surface area contributed by atoms with Crippen LogP contribution in [0.3, 0.4) is 0 Å². The van der Waals surface area contributed by atoms with Gasteiger partial charge in [-0.05, 0) is 72.8 Å². The molecule has 0 bridgehead atoms. The zero-order valence-electron chi connectivity index (χ0n) is 19.0. The van der Waals surface area contributed by atoms with E-state index in [0.29, 0.717) is 18.0 Å². The number of carbonyl (C=O) groups is 1. The summed E-state index contributed by atoms with van der Waals surface area (Å²) >= 11 is 0. The average molecular weight is 458 g/mol. The first-order valence-corrected chi connectivity index (χ1v) is 11.7. The van der Waals surface area contributed by atoms with Crippen molar-refractivity contribution < 1.29 is 14.3 Å². The number of pyridine rings is 1. The highest BCUT2D eigenvalue weighted by Crippen LogP contribution is 2.30. The molecule has 1 aliphatic heterocycles. The third kappa shape index (κ3) is 4.93. The maximum absolute atomic E-state index is 13.1. The molecule has 0 spiro atoms. The van der Waals surface area contributed by atoms with E-state index in [-0.39, 0.29) is 11.6 Å². The van der Waals surface area contributed by atoms with Gasteiger partial charge in [0.1, 0.15) is 18.1 Å². The molecule has 174 valence electrons. The minimum absolute atomic E-state index is 0.188. The summed E-state index contributed by atoms with van der Waals surface area (Å²) in [6.07, 6.45) is 6.25. The monoisotopic (exact) mass is 457 g/mol. The van der Waals surface area contributed by atoms with Crippen molar-refractivity contribution in [2.75, 3.05) is 19.7 Å². The molecule has 0 amide bonds. The van der Waals surface area contributed by atoms with Gasteiger partial charge in [0, 0.05) is 36.4 Å². The number of hydrogen-bond acceptors (Lipinski definition) is 4. The fraction of sp³-hybridized carbons (Fsp3) is 0.286. The summed E-state index contributed by atoms with van der Waals surface area (Å²) in [4.78, 5) is 18.8. The summed E-state index contributed by atoms with van der Waals surface area (Å²) in [5.74, 6) is 0.0430. The van der Waals surface area contributed by atoms with Gasteiger partial charge in [-0.15, -0.1) is 0 Å². The summed E-state index contributed by atoms with van der Waals surface area (Å²) in [5, 5.41) is 10.1. The fourth-order valence-corrected chi connectivity index (χ4v) is 4.80. The first-order chi connectivity index (χ1) is 16.6. The van der Waals surface area contributed by atoms with Crippen LogP contribution in [-0.2, 0) is 13.1 Å². The Morgan fingerprint density at radius 3 is 2.35 bits per heavy atom. The summed E-state index contributed by atoms with van der Waals surface area (Å²) in [6.45, 7) is 3.11.